The van der Waals surface area contributed by atoms with Gasteiger partial charge in [-0.15, -0.1) is 0 Å². The first-order chi connectivity index (χ1) is 19.3. The molecule has 1 atom stereocenters. The molecule has 0 fully saturated rings. The van der Waals surface area contributed by atoms with Crippen LogP contribution in [0.3, 0.4) is 0 Å². The Labute approximate surface area is 231 Å². The van der Waals surface area contributed by atoms with Crippen molar-refractivity contribution < 1.29 is 32.2 Å². The molecular formula is C29H28FN3O6S. The number of fused-ring (bicyclic) bond motifs is 1. The maximum atomic E-state index is 14.3. The number of carbonyl (C=O) groups is 1. The van der Waals surface area contributed by atoms with Gasteiger partial charge in [0.2, 0.25) is 0 Å². The molecule has 208 valence electrons. The van der Waals surface area contributed by atoms with E-state index in [2.05, 4.69) is 4.98 Å². The number of carboxylic acid groups (broad SMARTS) is 1. The maximum Gasteiger partial charge on any atom is 0.323 e. The highest BCUT2D eigenvalue weighted by molar-refractivity contribution is 7.92. The number of hydrogen-bond acceptors (Lipinski definition) is 6. The number of imidazole rings is 1. The van der Waals surface area contributed by atoms with Crippen molar-refractivity contribution in [3.05, 3.63) is 102 Å². The first kappa shape index (κ1) is 27.2. The molecule has 1 aromatic heterocycles. The number of rotatable bonds is 10. The van der Waals surface area contributed by atoms with Crippen molar-refractivity contribution in [2.45, 2.75) is 50.1 Å². The third kappa shape index (κ3) is 5.37. The second-order valence-electron chi connectivity index (χ2n) is 9.34. The Morgan fingerprint density at radius 2 is 2.00 bits per heavy atom. The van der Waals surface area contributed by atoms with Gasteiger partial charge in [0.15, 0.2) is 5.76 Å². The van der Waals surface area contributed by atoms with Gasteiger partial charge in [0.05, 0.1) is 21.6 Å². The fraction of sp³-hybridized carbons (Fsp3) is 0.241. The number of allylic oxidation sites excluding steroid dienone is 3. The van der Waals surface area contributed by atoms with Crippen molar-refractivity contribution in [3.63, 3.8) is 0 Å². The molecule has 0 amide bonds. The van der Waals surface area contributed by atoms with Gasteiger partial charge in [0, 0.05) is 6.42 Å². The van der Waals surface area contributed by atoms with E-state index in [-0.39, 0.29) is 22.9 Å². The molecular weight excluding hydrogens is 537 g/mol. The fourth-order valence-corrected chi connectivity index (χ4v) is 6.49. The summed E-state index contributed by atoms with van der Waals surface area (Å²) < 4.78 is 56.5. The summed E-state index contributed by atoms with van der Waals surface area (Å²) in [6, 6.07) is 8.61. The molecule has 11 heteroatoms. The summed E-state index contributed by atoms with van der Waals surface area (Å²) in [5, 5.41) is 9.48. The molecule has 5 rings (SSSR count). The monoisotopic (exact) mass is 565 g/mol. The Bertz CT molecular complexity index is 1650. The largest absolute Gasteiger partial charge is 0.480 e. The molecule has 9 nitrogen and oxygen atoms in total. The highest BCUT2D eigenvalue weighted by Crippen LogP contribution is 2.37. The van der Waals surface area contributed by atoms with Crippen LogP contribution < -0.4 is 4.31 Å². The van der Waals surface area contributed by atoms with Gasteiger partial charge in [-0.05, 0) is 67.3 Å². The van der Waals surface area contributed by atoms with E-state index in [1.807, 2.05) is 25.2 Å². The Morgan fingerprint density at radius 1 is 1.20 bits per heavy atom. The van der Waals surface area contributed by atoms with Crippen LogP contribution in [0.1, 0.15) is 32.0 Å². The van der Waals surface area contributed by atoms with E-state index in [1.165, 1.54) is 35.2 Å². The number of aryl methyl sites for hydroxylation is 1. The van der Waals surface area contributed by atoms with E-state index < -0.39 is 27.9 Å². The molecule has 2 aromatic carbocycles. The van der Waals surface area contributed by atoms with Crippen LogP contribution in [0.5, 0.6) is 0 Å². The average Bonchev–Trinajstić information content (AvgIpc) is 3.28. The van der Waals surface area contributed by atoms with Crippen LogP contribution in [0.2, 0.25) is 0 Å². The second kappa shape index (κ2) is 11.4. The summed E-state index contributed by atoms with van der Waals surface area (Å²) >= 11 is 0. The lowest BCUT2D eigenvalue weighted by atomic mass is 9.96. The second-order valence-corrected chi connectivity index (χ2v) is 11.2. The Morgan fingerprint density at radius 3 is 2.65 bits per heavy atom. The van der Waals surface area contributed by atoms with E-state index in [1.54, 1.807) is 22.8 Å². The van der Waals surface area contributed by atoms with Gasteiger partial charge in [-0.1, -0.05) is 25.2 Å². The van der Waals surface area contributed by atoms with Crippen LogP contribution in [-0.2, 0) is 37.3 Å². The SMILES string of the molecule is CCCc1nc2cc(N(C(C3=CC=CCC3)C3=COC=CO3)S(=O)(=O)c3ccc(F)cc3)ccc2n1CC(=O)O. The summed E-state index contributed by atoms with van der Waals surface area (Å²) in [6.07, 6.45) is 12.3. The van der Waals surface area contributed by atoms with Gasteiger partial charge in [-0.2, -0.15) is 0 Å². The number of benzene rings is 2. The Kier molecular flexibility index (Phi) is 7.74. The van der Waals surface area contributed by atoms with Crippen molar-refractivity contribution >= 4 is 32.7 Å². The molecule has 40 heavy (non-hydrogen) atoms. The number of ether oxygens (including phenoxy) is 2. The number of hydrogen-bond donors (Lipinski definition) is 1. The van der Waals surface area contributed by atoms with Crippen LogP contribution >= 0.6 is 0 Å². The summed E-state index contributed by atoms with van der Waals surface area (Å²) in [6.45, 7) is 1.70. The number of aromatic nitrogens is 2. The highest BCUT2D eigenvalue weighted by Gasteiger charge is 2.38. The first-order valence-electron chi connectivity index (χ1n) is 12.8. The van der Waals surface area contributed by atoms with Crippen molar-refractivity contribution in [1.29, 1.82) is 0 Å². The number of sulfonamides is 1. The predicted molar refractivity (Wildman–Crippen MR) is 147 cm³/mol. The lowest BCUT2D eigenvalue weighted by Crippen LogP contribution is -2.43. The summed E-state index contributed by atoms with van der Waals surface area (Å²) in [5.41, 5.74) is 2.07. The Hall–Kier alpha value is -4.38. The number of nitrogens with zero attached hydrogens (tertiary/aromatic N) is 3. The zero-order valence-electron chi connectivity index (χ0n) is 21.7. The third-order valence-corrected chi connectivity index (χ3v) is 8.43. The van der Waals surface area contributed by atoms with Gasteiger partial charge < -0.3 is 19.1 Å². The van der Waals surface area contributed by atoms with E-state index in [0.717, 1.165) is 24.1 Å². The van der Waals surface area contributed by atoms with E-state index in [4.69, 9.17) is 9.47 Å². The average molecular weight is 566 g/mol. The smallest absolute Gasteiger partial charge is 0.323 e. The van der Waals surface area contributed by atoms with Crippen molar-refractivity contribution in [1.82, 2.24) is 9.55 Å². The van der Waals surface area contributed by atoms with Crippen molar-refractivity contribution in [3.8, 4) is 0 Å². The van der Waals surface area contributed by atoms with Crippen LogP contribution in [0.15, 0.2) is 95.7 Å². The molecule has 0 saturated carbocycles. The zero-order valence-corrected chi connectivity index (χ0v) is 22.6. The van der Waals surface area contributed by atoms with Crippen LogP contribution in [0, 0.1) is 5.82 Å². The van der Waals surface area contributed by atoms with E-state index in [9.17, 15) is 22.7 Å². The minimum Gasteiger partial charge on any atom is -0.480 e. The van der Waals surface area contributed by atoms with Crippen LogP contribution in [0.25, 0.3) is 11.0 Å². The lowest BCUT2D eigenvalue weighted by Gasteiger charge is -2.35. The lowest BCUT2D eigenvalue weighted by molar-refractivity contribution is -0.137. The highest BCUT2D eigenvalue weighted by atomic mass is 32.2. The quantitative estimate of drug-likeness (QED) is 0.350. The minimum atomic E-state index is -4.30. The normalized spacial score (nSPS) is 15.7. The molecule has 3 aromatic rings. The molecule has 1 unspecified atom stereocenters. The molecule has 1 N–H and O–H groups in total. The zero-order chi connectivity index (χ0) is 28.3. The molecule has 1 aliphatic heterocycles. The van der Waals surface area contributed by atoms with Gasteiger partial charge >= 0.3 is 5.97 Å². The van der Waals surface area contributed by atoms with Gasteiger partial charge in [-0.25, -0.2) is 17.8 Å². The van der Waals surface area contributed by atoms with Gasteiger partial charge in [0.25, 0.3) is 10.0 Å². The molecule has 0 radical (unpaired) electrons. The number of aliphatic carboxylic acids is 1. The summed E-state index contributed by atoms with van der Waals surface area (Å²) in [4.78, 5) is 16.1. The predicted octanol–water partition coefficient (Wildman–Crippen LogP) is 5.41. The number of carboxylic acids is 1. The first-order valence-corrected chi connectivity index (χ1v) is 14.3. The standard InChI is InChI=1S/C29H28FN3O6S/c1-2-6-27-31-24-17-22(11-14-25(24)32(27)18-28(34)35)33(40(36,37)23-12-9-21(30)10-13-23)29(20-7-4-3-5-8-20)26-19-38-15-16-39-26/h3-4,7,9-17,19,29H,2,5-6,8,18H2,1H3,(H,34,35). The minimum absolute atomic E-state index is 0.109. The molecule has 0 spiro atoms. The number of halogens is 1. The molecule has 2 heterocycles. The Balaban J connectivity index is 1.73. The topological polar surface area (TPSA) is 111 Å². The number of anilines is 1. The summed E-state index contributed by atoms with van der Waals surface area (Å²) in [7, 11) is -4.30. The molecule has 0 saturated heterocycles. The fourth-order valence-electron chi connectivity index (χ4n) is 4.88. The van der Waals surface area contributed by atoms with Crippen molar-refractivity contribution in [2.75, 3.05) is 4.31 Å². The maximum absolute atomic E-state index is 14.3. The van der Waals surface area contributed by atoms with Crippen LogP contribution in [0.4, 0.5) is 10.1 Å². The van der Waals surface area contributed by atoms with Crippen molar-refractivity contribution in [2.24, 2.45) is 0 Å². The molecule has 0 bridgehead atoms. The third-order valence-electron chi connectivity index (χ3n) is 6.63. The van der Waals surface area contributed by atoms with E-state index in [0.29, 0.717) is 36.1 Å². The summed E-state index contributed by atoms with van der Waals surface area (Å²) in [5.74, 6) is -0.725. The van der Waals surface area contributed by atoms with Crippen LogP contribution in [-0.4, -0.2) is 35.1 Å². The van der Waals surface area contributed by atoms with Gasteiger partial charge in [0.1, 0.15) is 43.0 Å². The van der Waals surface area contributed by atoms with E-state index >= 15 is 0 Å². The van der Waals surface area contributed by atoms with Gasteiger partial charge in [-0.3, -0.25) is 9.10 Å². The molecule has 2 aliphatic rings. The molecule has 1 aliphatic carbocycles.